The molecule has 0 spiro atoms. The summed E-state index contributed by atoms with van der Waals surface area (Å²) >= 11 is 1.49. The van der Waals surface area contributed by atoms with Gasteiger partial charge in [-0.05, 0) is 19.1 Å². The number of aryl methyl sites for hydroxylation is 1. The lowest BCUT2D eigenvalue weighted by Gasteiger charge is -2.05. The molecule has 0 saturated carbocycles. The third kappa shape index (κ3) is 3.05. The molecule has 0 unspecified atom stereocenters. The van der Waals surface area contributed by atoms with Gasteiger partial charge in [0.05, 0.1) is 23.1 Å². The van der Waals surface area contributed by atoms with Crippen LogP contribution in [-0.2, 0) is 6.54 Å². The first-order valence-corrected chi connectivity index (χ1v) is 6.31. The molecule has 96 valence electrons. The van der Waals surface area contributed by atoms with Gasteiger partial charge in [0, 0.05) is 17.1 Å². The molecule has 0 fully saturated rings. The number of nitrogens with zero attached hydrogens (tertiary/aromatic N) is 3. The Hall–Kier alpha value is -2.46. The first kappa shape index (κ1) is 13.0. The summed E-state index contributed by atoms with van der Waals surface area (Å²) in [6.07, 6.45) is 0. The van der Waals surface area contributed by atoms with E-state index in [1.165, 1.54) is 23.5 Å². The summed E-state index contributed by atoms with van der Waals surface area (Å²) in [5, 5.41) is 25.4. The van der Waals surface area contributed by atoms with Crippen LogP contribution in [0, 0.1) is 28.4 Å². The molecule has 0 aliphatic heterocycles. The minimum absolute atomic E-state index is 0.104. The van der Waals surface area contributed by atoms with Crippen LogP contribution >= 0.6 is 11.3 Å². The molecule has 7 heteroatoms. The van der Waals surface area contributed by atoms with Gasteiger partial charge in [-0.15, -0.1) is 11.3 Å². The Morgan fingerprint density at radius 1 is 1.58 bits per heavy atom. The first-order chi connectivity index (χ1) is 9.10. The predicted octanol–water partition coefficient (Wildman–Crippen LogP) is 2.84. The van der Waals surface area contributed by atoms with E-state index in [0.717, 1.165) is 10.7 Å². The number of thiazole rings is 1. The lowest BCUT2D eigenvalue weighted by Crippen LogP contribution is -2.02. The fourth-order valence-corrected chi connectivity index (χ4v) is 2.27. The number of anilines is 1. The van der Waals surface area contributed by atoms with Gasteiger partial charge in [0.25, 0.3) is 5.69 Å². The molecule has 0 amide bonds. The van der Waals surface area contributed by atoms with Gasteiger partial charge < -0.3 is 5.32 Å². The van der Waals surface area contributed by atoms with E-state index in [-0.39, 0.29) is 11.3 Å². The van der Waals surface area contributed by atoms with Crippen molar-refractivity contribution in [1.82, 2.24) is 4.98 Å². The summed E-state index contributed by atoms with van der Waals surface area (Å²) in [6, 6.07) is 6.23. The highest BCUT2D eigenvalue weighted by Gasteiger charge is 2.14. The van der Waals surface area contributed by atoms with Crippen LogP contribution in [0.1, 0.15) is 16.3 Å². The number of rotatable bonds is 4. The van der Waals surface area contributed by atoms with Crippen molar-refractivity contribution in [2.45, 2.75) is 13.5 Å². The lowest BCUT2D eigenvalue weighted by atomic mass is 10.2. The van der Waals surface area contributed by atoms with E-state index in [9.17, 15) is 10.1 Å². The van der Waals surface area contributed by atoms with Gasteiger partial charge in [0.2, 0.25) is 0 Å². The Bertz CT molecular complexity index is 660. The van der Waals surface area contributed by atoms with E-state index in [4.69, 9.17) is 5.26 Å². The molecule has 19 heavy (non-hydrogen) atoms. The Balaban J connectivity index is 2.20. The quantitative estimate of drug-likeness (QED) is 0.683. The fourth-order valence-electron chi connectivity index (χ4n) is 1.56. The van der Waals surface area contributed by atoms with Gasteiger partial charge in [-0.3, -0.25) is 10.1 Å². The van der Waals surface area contributed by atoms with Crippen LogP contribution in [0.25, 0.3) is 0 Å². The van der Waals surface area contributed by atoms with Crippen molar-refractivity contribution in [3.8, 4) is 6.07 Å². The minimum atomic E-state index is -0.504. The van der Waals surface area contributed by atoms with Gasteiger partial charge in [-0.2, -0.15) is 5.26 Å². The van der Waals surface area contributed by atoms with Crippen molar-refractivity contribution in [3.05, 3.63) is 50.0 Å². The number of benzene rings is 1. The molecule has 6 nitrogen and oxygen atoms in total. The maximum atomic E-state index is 10.9. The Morgan fingerprint density at radius 3 is 2.95 bits per heavy atom. The second-order valence-electron chi connectivity index (χ2n) is 3.84. The second kappa shape index (κ2) is 5.46. The summed E-state index contributed by atoms with van der Waals surface area (Å²) < 4.78 is 0. The van der Waals surface area contributed by atoms with Gasteiger partial charge in [-0.1, -0.05) is 0 Å². The smallest absolute Gasteiger partial charge is 0.293 e. The van der Waals surface area contributed by atoms with E-state index >= 15 is 0 Å². The normalized spacial score (nSPS) is 9.89. The molecule has 1 aromatic heterocycles. The van der Waals surface area contributed by atoms with Crippen molar-refractivity contribution in [3.63, 3.8) is 0 Å². The van der Waals surface area contributed by atoms with Crippen LogP contribution in [0.2, 0.25) is 0 Å². The minimum Gasteiger partial charge on any atom is -0.373 e. The highest BCUT2D eigenvalue weighted by Crippen LogP contribution is 2.26. The van der Waals surface area contributed by atoms with Crippen LogP contribution in [0.3, 0.4) is 0 Å². The molecule has 0 saturated heterocycles. The largest absolute Gasteiger partial charge is 0.373 e. The Morgan fingerprint density at radius 2 is 2.37 bits per heavy atom. The highest BCUT2D eigenvalue weighted by atomic mass is 32.1. The number of nitriles is 1. The molecule has 1 heterocycles. The highest BCUT2D eigenvalue weighted by molar-refractivity contribution is 7.09. The van der Waals surface area contributed by atoms with Gasteiger partial charge in [0.15, 0.2) is 0 Å². The Labute approximate surface area is 113 Å². The molecule has 0 aliphatic rings. The first-order valence-electron chi connectivity index (χ1n) is 5.43. The van der Waals surface area contributed by atoms with Crippen LogP contribution in [0.15, 0.2) is 23.6 Å². The molecule has 1 aromatic carbocycles. The van der Waals surface area contributed by atoms with Crippen LogP contribution in [0.5, 0.6) is 0 Å². The van der Waals surface area contributed by atoms with Gasteiger partial charge in [-0.25, -0.2) is 4.98 Å². The predicted molar refractivity (Wildman–Crippen MR) is 72.0 cm³/mol. The lowest BCUT2D eigenvalue weighted by molar-refractivity contribution is -0.384. The van der Waals surface area contributed by atoms with E-state index in [1.54, 1.807) is 6.07 Å². The summed E-state index contributed by atoms with van der Waals surface area (Å²) in [4.78, 5) is 14.7. The van der Waals surface area contributed by atoms with Crippen LogP contribution in [0.4, 0.5) is 11.4 Å². The maximum absolute atomic E-state index is 10.9. The van der Waals surface area contributed by atoms with E-state index in [1.807, 2.05) is 18.4 Å². The number of nitrogens with one attached hydrogen (secondary N) is 1. The molecule has 0 bridgehead atoms. The molecule has 1 N–H and O–H groups in total. The van der Waals surface area contributed by atoms with Crippen molar-refractivity contribution in [2.75, 3.05) is 5.32 Å². The Kier molecular flexibility index (Phi) is 3.73. The SMILES string of the molecule is Cc1csc(CNc2ccc(C#N)cc2[N+](=O)[O-])n1. The average molecular weight is 274 g/mol. The molecule has 2 rings (SSSR count). The average Bonchev–Trinajstić information content (AvgIpc) is 2.82. The van der Waals surface area contributed by atoms with E-state index in [0.29, 0.717) is 12.2 Å². The molecule has 0 radical (unpaired) electrons. The van der Waals surface area contributed by atoms with Crippen molar-refractivity contribution in [1.29, 1.82) is 5.26 Å². The number of aromatic nitrogens is 1. The van der Waals surface area contributed by atoms with Crippen molar-refractivity contribution >= 4 is 22.7 Å². The molecular formula is C12H10N4O2S. The molecule has 0 aliphatic carbocycles. The zero-order valence-corrected chi connectivity index (χ0v) is 10.9. The number of hydrogen-bond acceptors (Lipinski definition) is 6. The fraction of sp³-hybridized carbons (Fsp3) is 0.167. The number of nitro benzene ring substituents is 1. The third-order valence-electron chi connectivity index (χ3n) is 2.42. The standard InChI is InChI=1S/C12H10N4O2S/c1-8-7-19-12(15-8)6-14-10-3-2-9(5-13)4-11(10)16(17)18/h2-4,7,14H,6H2,1H3. The molecule has 2 aromatic rings. The zero-order valence-electron chi connectivity index (χ0n) is 10.1. The van der Waals surface area contributed by atoms with Gasteiger partial charge in [0.1, 0.15) is 10.7 Å². The summed E-state index contributed by atoms with van der Waals surface area (Å²) in [7, 11) is 0. The summed E-state index contributed by atoms with van der Waals surface area (Å²) in [6.45, 7) is 2.31. The molecule has 0 atom stereocenters. The monoisotopic (exact) mass is 274 g/mol. The summed E-state index contributed by atoms with van der Waals surface area (Å²) in [5.41, 5.74) is 1.47. The van der Waals surface area contributed by atoms with Crippen molar-refractivity contribution in [2.24, 2.45) is 0 Å². The number of hydrogen-bond donors (Lipinski definition) is 1. The van der Waals surface area contributed by atoms with Crippen molar-refractivity contribution < 1.29 is 4.92 Å². The topological polar surface area (TPSA) is 91.8 Å². The van der Waals surface area contributed by atoms with Gasteiger partial charge >= 0.3 is 0 Å². The second-order valence-corrected chi connectivity index (χ2v) is 4.78. The maximum Gasteiger partial charge on any atom is 0.293 e. The number of nitro groups is 1. The zero-order chi connectivity index (χ0) is 13.8. The van der Waals surface area contributed by atoms with E-state index in [2.05, 4.69) is 10.3 Å². The third-order valence-corrected chi connectivity index (χ3v) is 3.39. The summed E-state index contributed by atoms with van der Waals surface area (Å²) in [5.74, 6) is 0. The van der Waals surface area contributed by atoms with Crippen LogP contribution < -0.4 is 5.32 Å². The molecular weight excluding hydrogens is 264 g/mol. The van der Waals surface area contributed by atoms with E-state index < -0.39 is 4.92 Å². The van der Waals surface area contributed by atoms with Crippen LogP contribution in [-0.4, -0.2) is 9.91 Å².